The Bertz CT molecular complexity index is 413. The molecule has 0 aromatic rings. The smallest absolute Gasteiger partial charge is 0.331 e. The van der Waals surface area contributed by atoms with Gasteiger partial charge >= 0.3 is 18.0 Å². The number of nitrogens with zero attached hydrogens (tertiary/aromatic N) is 1. The van der Waals surface area contributed by atoms with E-state index in [4.69, 9.17) is 4.74 Å². The molecule has 2 unspecified atom stereocenters. The summed E-state index contributed by atoms with van der Waals surface area (Å²) in [5.74, 6) is -1.53. The quantitative estimate of drug-likeness (QED) is 0.696. The second-order valence-electron chi connectivity index (χ2n) is 5.19. The average Bonchev–Trinajstić information content (AvgIpc) is 2.51. The topological polar surface area (TPSA) is 105 Å². The second-order valence-corrected chi connectivity index (χ2v) is 5.19. The van der Waals surface area contributed by atoms with Crippen molar-refractivity contribution in [2.75, 3.05) is 33.4 Å². The van der Waals surface area contributed by atoms with Crippen molar-refractivity contribution in [2.24, 2.45) is 5.41 Å². The number of ether oxygens (including phenoxy) is 2. The van der Waals surface area contributed by atoms with Gasteiger partial charge in [-0.15, -0.1) is 0 Å². The minimum absolute atomic E-state index is 0.0110. The molecule has 1 rings (SSSR count). The lowest BCUT2D eigenvalue weighted by molar-refractivity contribution is -0.151. The first-order chi connectivity index (χ1) is 9.85. The molecule has 2 atom stereocenters. The van der Waals surface area contributed by atoms with Crippen LogP contribution in [-0.2, 0) is 19.1 Å². The summed E-state index contributed by atoms with van der Waals surface area (Å²) in [5.41, 5.74) is -1.04. The minimum atomic E-state index is -1.04. The predicted octanol–water partition coefficient (Wildman–Crippen LogP) is 0.0707. The first-order valence-electron chi connectivity index (χ1n) is 6.79. The van der Waals surface area contributed by atoms with Crippen molar-refractivity contribution in [3.05, 3.63) is 0 Å². The molecule has 21 heavy (non-hydrogen) atoms. The molecule has 0 spiro atoms. The third kappa shape index (κ3) is 4.07. The average molecular weight is 302 g/mol. The van der Waals surface area contributed by atoms with Gasteiger partial charge in [-0.25, -0.2) is 9.59 Å². The van der Waals surface area contributed by atoms with Gasteiger partial charge in [-0.1, -0.05) is 6.92 Å². The van der Waals surface area contributed by atoms with Crippen LogP contribution >= 0.6 is 0 Å². The number of hydrogen-bond donors (Lipinski definition) is 2. The van der Waals surface area contributed by atoms with E-state index in [9.17, 15) is 19.5 Å². The first kappa shape index (κ1) is 17.2. The van der Waals surface area contributed by atoms with Crippen LogP contribution in [0.25, 0.3) is 0 Å². The zero-order chi connectivity index (χ0) is 16.0. The van der Waals surface area contributed by atoms with E-state index in [-0.39, 0.29) is 19.7 Å². The van der Waals surface area contributed by atoms with Gasteiger partial charge in [0, 0.05) is 13.1 Å². The fourth-order valence-electron chi connectivity index (χ4n) is 1.90. The zero-order valence-corrected chi connectivity index (χ0v) is 12.5. The number of urea groups is 1. The zero-order valence-electron chi connectivity index (χ0n) is 12.5. The predicted molar refractivity (Wildman–Crippen MR) is 72.8 cm³/mol. The molecule has 2 N–H and O–H groups in total. The molecule has 0 bridgehead atoms. The number of hydrogen-bond acceptors (Lipinski definition) is 5. The van der Waals surface area contributed by atoms with Crippen molar-refractivity contribution in [2.45, 2.75) is 26.3 Å². The molecule has 0 saturated carbocycles. The molecule has 0 radical (unpaired) electrons. The summed E-state index contributed by atoms with van der Waals surface area (Å²) in [6.45, 7) is 3.94. The van der Waals surface area contributed by atoms with Gasteiger partial charge in [0.2, 0.25) is 0 Å². The fraction of sp³-hybridized carbons (Fsp3) is 0.769. The van der Waals surface area contributed by atoms with Crippen molar-refractivity contribution >= 4 is 18.0 Å². The minimum Gasteiger partial charge on any atom is -0.481 e. The standard InChI is InChI=1S/C13H22N2O6/c1-4-13(2,11(17)18)8-14-12(19)15-5-6-21-7-9(15)10(16)20-3/h9H,4-8H2,1-3H3,(H,14,19)(H,17,18). The number of carboxylic acid groups (broad SMARTS) is 1. The maximum Gasteiger partial charge on any atom is 0.331 e. The Labute approximate surface area is 123 Å². The first-order valence-corrected chi connectivity index (χ1v) is 6.79. The lowest BCUT2D eigenvalue weighted by Crippen LogP contribution is -2.57. The Hall–Kier alpha value is -1.83. The molecule has 8 heteroatoms. The third-order valence-corrected chi connectivity index (χ3v) is 3.79. The highest BCUT2D eigenvalue weighted by Gasteiger charge is 2.36. The number of methoxy groups -OCH3 is 1. The Morgan fingerprint density at radius 1 is 1.48 bits per heavy atom. The molecule has 1 aliphatic rings. The highest BCUT2D eigenvalue weighted by molar-refractivity contribution is 5.84. The van der Waals surface area contributed by atoms with Crippen LogP contribution in [0.1, 0.15) is 20.3 Å². The summed E-state index contributed by atoms with van der Waals surface area (Å²) in [7, 11) is 1.24. The van der Waals surface area contributed by atoms with Gasteiger partial charge in [-0.3, -0.25) is 4.79 Å². The van der Waals surface area contributed by atoms with Gasteiger partial charge in [-0.2, -0.15) is 0 Å². The van der Waals surface area contributed by atoms with Crippen LogP contribution in [0, 0.1) is 5.41 Å². The highest BCUT2D eigenvalue weighted by atomic mass is 16.5. The normalized spacial score (nSPS) is 21.3. The Kier molecular flexibility index (Phi) is 5.95. The van der Waals surface area contributed by atoms with Crippen LogP contribution in [0.15, 0.2) is 0 Å². The number of esters is 1. The summed E-state index contributed by atoms with van der Waals surface area (Å²) in [6.07, 6.45) is 0.381. The van der Waals surface area contributed by atoms with Gasteiger partial charge in [0.15, 0.2) is 6.04 Å². The number of carboxylic acids is 1. The van der Waals surface area contributed by atoms with Crippen LogP contribution in [0.2, 0.25) is 0 Å². The van der Waals surface area contributed by atoms with Crippen LogP contribution in [0.3, 0.4) is 0 Å². The molecule has 1 fully saturated rings. The van der Waals surface area contributed by atoms with E-state index in [1.807, 2.05) is 0 Å². The van der Waals surface area contributed by atoms with Crippen molar-refractivity contribution in [1.82, 2.24) is 10.2 Å². The summed E-state index contributed by atoms with van der Waals surface area (Å²) in [5, 5.41) is 11.8. The highest BCUT2D eigenvalue weighted by Crippen LogP contribution is 2.20. The summed E-state index contributed by atoms with van der Waals surface area (Å²) < 4.78 is 9.81. The van der Waals surface area contributed by atoms with Crippen LogP contribution in [0.4, 0.5) is 4.79 Å². The van der Waals surface area contributed by atoms with Crippen LogP contribution in [0.5, 0.6) is 0 Å². The molecule has 8 nitrogen and oxygen atoms in total. The van der Waals surface area contributed by atoms with E-state index in [1.54, 1.807) is 13.8 Å². The molecule has 1 aliphatic heterocycles. The number of morpholine rings is 1. The fourth-order valence-corrected chi connectivity index (χ4v) is 1.90. The van der Waals surface area contributed by atoms with Crippen LogP contribution < -0.4 is 5.32 Å². The van der Waals surface area contributed by atoms with E-state index in [0.717, 1.165) is 0 Å². The maximum absolute atomic E-state index is 12.2. The van der Waals surface area contributed by atoms with Crippen molar-refractivity contribution in [3.8, 4) is 0 Å². The molecular formula is C13H22N2O6. The van der Waals surface area contributed by atoms with E-state index in [0.29, 0.717) is 13.0 Å². The van der Waals surface area contributed by atoms with Gasteiger partial charge in [0.25, 0.3) is 0 Å². The Morgan fingerprint density at radius 3 is 2.67 bits per heavy atom. The molecule has 120 valence electrons. The maximum atomic E-state index is 12.2. The van der Waals surface area contributed by atoms with Gasteiger partial charge < -0.3 is 24.8 Å². The lowest BCUT2D eigenvalue weighted by Gasteiger charge is -2.34. The van der Waals surface area contributed by atoms with Crippen LogP contribution in [-0.4, -0.2) is 67.4 Å². The largest absolute Gasteiger partial charge is 0.481 e. The van der Waals surface area contributed by atoms with E-state index >= 15 is 0 Å². The molecule has 1 saturated heterocycles. The van der Waals surface area contributed by atoms with Crippen molar-refractivity contribution < 1.29 is 29.0 Å². The number of rotatable bonds is 5. The summed E-state index contributed by atoms with van der Waals surface area (Å²) in [4.78, 5) is 36.3. The molecule has 2 amide bonds. The molecular weight excluding hydrogens is 280 g/mol. The molecule has 1 heterocycles. The molecule has 0 aliphatic carbocycles. The van der Waals surface area contributed by atoms with E-state index in [2.05, 4.69) is 10.1 Å². The second kappa shape index (κ2) is 7.26. The number of amides is 2. The summed E-state index contributed by atoms with van der Waals surface area (Å²) in [6, 6.07) is -1.30. The number of carbonyl (C=O) groups excluding carboxylic acids is 2. The summed E-state index contributed by atoms with van der Waals surface area (Å²) >= 11 is 0. The molecule has 0 aromatic carbocycles. The Balaban J connectivity index is 2.68. The van der Waals surface area contributed by atoms with Crippen molar-refractivity contribution in [3.63, 3.8) is 0 Å². The van der Waals surface area contributed by atoms with E-state index in [1.165, 1.54) is 12.0 Å². The van der Waals surface area contributed by atoms with Gasteiger partial charge in [0.05, 0.1) is 25.7 Å². The lowest BCUT2D eigenvalue weighted by atomic mass is 9.88. The van der Waals surface area contributed by atoms with Crippen molar-refractivity contribution in [1.29, 1.82) is 0 Å². The molecule has 0 aromatic heterocycles. The Morgan fingerprint density at radius 2 is 2.14 bits per heavy atom. The SMILES string of the molecule is CCC(C)(CNC(=O)N1CCOCC1C(=O)OC)C(=O)O. The van der Waals surface area contributed by atoms with E-state index < -0.39 is 29.4 Å². The van der Waals surface area contributed by atoms with Gasteiger partial charge in [0.1, 0.15) is 0 Å². The monoisotopic (exact) mass is 302 g/mol. The number of carbonyl (C=O) groups is 3. The number of aliphatic carboxylic acids is 1. The number of nitrogens with one attached hydrogen (secondary N) is 1. The third-order valence-electron chi connectivity index (χ3n) is 3.79. The van der Waals surface area contributed by atoms with Gasteiger partial charge in [-0.05, 0) is 13.3 Å².